The van der Waals surface area contributed by atoms with Crippen molar-refractivity contribution in [3.63, 3.8) is 0 Å². The molecule has 0 aromatic heterocycles. The Morgan fingerprint density at radius 1 is 0.939 bits per heavy atom. The van der Waals surface area contributed by atoms with Crippen molar-refractivity contribution in [2.24, 2.45) is 0 Å². The van der Waals surface area contributed by atoms with Crippen LogP contribution in [0.1, 0.15) is 34.3 Å². The summed E-state index contributed by atoms with van der Waals surface area (Å²) in [5.41, 5.74) is 2.84. The summed E-state index contributed by atoms with van der Waals surface area (Å²) in [6.45, 7) is 6.58. The molecule has 2 amide bonds. The summed E-state index contributed by atoms with van der Waals surface area (Å²) < 4.78 is 27.9. The minimum absolute atomic E-state index is 0.0520. The predicted octanol–water partition coefficient (Wildman–Crippen LogP) is 2.14. The van der Waals surface area contributed by atoms with Crippen molar-refractivity contribution in [1.29, 1.82) is 0 Å². The second-order valence-electron chi connectivity index (χ2n) is 8.84. The quantitative estimate of drug-likeness (QED) is 0.646. The fraction of sp³-hybridized carbons (Fsp3) is 0.417. The van der Waals surface area contributed by atoms with Crippen molar-refractivity contribution in [3.8, 4) is 0 Å². The van der Waals surface area contributed by atoms with Crippen LogP contribution >= 0.6 is 0 Å². The number of sulfonamides is 1. The predicted molar refractivity (Wildman–Crippen MR) is 127 cm³/mol. The summed E-state index contributed by atoms with van der Waals surface area (Å²) in [7, 11) is -3.71. The van der Waals surface area contributed by atoms with Crippen LogP contribution in [0.15, 0.2) is 47.4 Å². The zero-order valence-corrected chi connectivity index (χ0v) is 19.8. The highest BCUT2D eigenvalue weighted by Gasteiger charge is 2.26. The van der Waals surface area contributed by atoms with Gasteiger partial charge in [-0.3, -0.25) is 19.2 Å². The van der Waals surface area contributed by atoms with Gasteiger partial charge in [-0.15, -0.1) is 0 Å². The van der Waals surface area contributed by atoms with Gasteiger partial charge in [0.2, 0.25) is 5.91 Å². The number of amides is 2. The first-order valence-electron chi connectivity index (χ1n) is 11.2. The molecule has 0 spiro atoms. The fourth-order valence-electron chi connectivity index (χ4n) is 3.77. The first kappa shape index (κ1) is 23.3. The van der Waals surface area contributed by atoms with E-state index in [9.17, 15) is 18.0 Å². The molecule has 1 aliphatic carbocycles. The van der Waals surface area contributed by atoms with Gasteiger partial charge in [0.15, 0.2) is 0 Å². The Bertz CT molecular complexity index is 1140. The van der Waals surface area contributed by atoms with Crippen molar-refractivity contribution in [1.82, 2.24) is 15.1 Å². The van der Waals surface area contributed by atoms with Crippen LogP contribution in [-0.2, 0) is 14.8 Å². The van der Waals surface area contributed by atoms with Gasteiger partial charge in [0, 0.05) is 43.5 Å². The Balaban J connectivity index is 1.31. The molecule has 0 atom stereocenters. The van der Waals surface area contributed by atoms with Crippen LogP contribution in [0, 0.1) is 13.8 Å². The van der Waals surface area contributed by atoms with Crippen LogP contribution in [0.3, 0.4) is 0 Å². The van der Waals surface area contributed by atoms with E-state index in [0.29, 0.717) is 50.0 Å². The van der Waals surface area contributed by atoms with Gasteiger partial charge in [-0.2, -0.15) is 0 Å². The minimum Gasteiger partial charge on any atom is -0.352 e. The molecule has 9 heteroatoms. The van der Waals surface area contributed by atoms with Crippen LogP contribution < -0.4 is 10.0 Å². The second-order valence-corrected chi connectivity index (χ2v) is 10.5. The normalized spacial score (nSPS) is 17.0. The van der Waals surface area contributed by atoms with Crippen molar-refractivity contribution >= 4 is 27.5 Å². The van der Waals surface area contributed by atoms with E-state index in [2.05, 4.69) is 14.9 Å². The van der Waals surface area contributed by atoms with Crippen LogP contribution in [-0.4, -0.2) is 68.8 Å². The molecule has 1 saturated carbocycles. The summed E-state index contributed by atoms with van der Waals surface area (Å²) >= 11 is 0. The molecule has 0 bridgehead atoms. The van der Waals surface area contributed by atoms with Crippen LogP contribution in [0.5, 0.6) is 0 Å². The molecule has 176 valence electrons. The van der Waals surface area contributed by atoms with Gasteiger partial charge in [-0.25, -0.2) is 8.42 Å². The Hall–Kier alpha value is -2.91. The number of hydrogen-bond acceptors (Lipinski definition) is 5. The van der Waals surface area contributed by atoms with E-state index in [4.69, 9.17) is 0 Å². The Morgan fingerprint density at radius 2 is 1.61 bits per heavy atom. The van der Waals surface area contributed by atoms with Gasteiger partial charge in [-0.1, -0.05) is 6.07 Å². The molecule has 0 radical (unpaired) electrons. The molecule has 2 N–H and O–H groups in total. The zero-order valence-electron chi connectivity index (χ0n) is 19.0. The first-order chi connectivity index (χ1) is 15.7. The molecule has 8 nitrogen and oxygen atoms in total. The lowest BCUT2D eigenvalue weighted by atomic mass is 10.1. The lowest BCUT2D eigenvalue weighted by Crippen LogP contribution is -2.51. The molecule has 0 unspecified atom stereocenters. The topological polar surface area (TPSA) is 98.8 Å². The van der Waals surface area contributed by atoms with Crippen LogP contribution in [0.2, 0.25) is 0 Å². The number of benzene rings is 2. The number of carbonyl (C=O) groups excluding carboxylic acids is 2. The third-order valence-electron chi connectivity index (χ3n) is 6.14. The molecule has 4 rings (SSSR count). The summed E-state index contributed by atoms with van der Waals surface area (Å²) in [5, 5.41) is 2.99. The number of anilines is 1. The number of nitrogens with zero attached hydrogens (tertiary/aromatic N) is 2. The molecule has 1 heterocycles. The number of rotatable bonds is 7. The van der Waals surface area contributed by atoms with E-state index in [1.54, 1.807) is 47.4 Å². The van der Waals surface area contributed by atoms with Crippen molar-refractivity contribution < 1.29 is 18.0 Å². The Morgan fingerprint density at radius 3 is 2.21 bits per heavy atom. The van der Waals surface area contributed by atoms with Gasteiger partial charge < -0.3 is 10.2 Å². The fourth-order valence-corrected chi connectivity index (χ4v) is 4.92. The first-order valence-corrected chi connectivity index (χ1v) is 12.7. The van der Waals surface area contributed by atoms with Gasteiger partial charge in [0.1, 0.15) is 0 Å². The smallest absolute Gasteiger partial charge is 0.261 e. The average Bonchev–Trinajstić information content (AvgIpc) is 3.60. The van der Waals surface area contributed by atoms with Gasteiger partial charge >= 0.3 is 0 Å². The molecular formula is C24H30N4O4S. The Labute approximate surface area is 195 Å². The summed E-state index contributed by atoms with van der Waals surface area (Å²) in [5.74, 6) is -0.0447. The summed E-state index contributed by atoms with van der Waals surface area (Å²) in [6.07, 6.45) is 2.14. The van der Waals surface area contributed by atoms with E-state index < -0.39 is 10.0 Å². The highest BCUT2D eigenvalue weighted by atomic mass is 32.2. The molecule has 33 heavy (non-hydrogen) atoms. The minimum atomic E-state index is -3.71. The lowest BCUT2D eigenvalue weighted by Gasteiger charge is -2.34. The number of hydrogen-bond donors (Lipinski definition) is 2. The Kier molecular flexibility index (Phi) is 6.71. The summed E-state index contributed by atoms with van der Waals surface area (Å²) in [4.78, 5) is 28.9. The maximum atomic E-state index is 12.9. The number of aryl methyl sites for hydroxylation is 2. The molecule has 1 aliphatic heterocycles. The zero-order chi connectivity index (χ0) is 23.6. The molecular weight excluding hydrogens is 440 g/mol. The third kappa shape index (κ3) is 5.91. The number of nitrogens with one attached hydrogen (secondary N) is 2. The van der Waals surface area contributed by atoms with Crippen LogP contribution in [0.4, 0.5) is 5.69 Å². The van der Waals surface area contributed by atoms with Gasteiger partial charge in [0.05, 0.1) is 11.4 Å². The standard InChI is InChI=1S/C24H30N4O4S/c1-17-3-10-22(15-18(17)2)33(31,32)26-21-6-4-19(5-7-21)24(30)28-13-11-27(12-14-28)16-23(29)25-20-8-9-20/h3-7,10,15,20,26H,8-9,11-14,16H2,1-2H3,(H,25,29). The molecule has 2 aromatic carbocycles. The SMILES string of the molecule is Cc1ccc(S(=O)(=O)Nc2ccc(C(=O)N3CCN(CC(=O)NC4CC4)CC3)cc2)cc1C. The third-order valence-corrected chi connectivity index (χ3v) is 7.52. The van der Waals surface area contributed by atoms with Gasteiger partial charge in [-0.05, 0) is 74.2 Å². The highest BCUT2D eigenvalue weighted by molar-refractivity contribution is 7.92. The molecule has 2 fully saturated rings. The molecule has 2 aromatic rings. The van der Waals surface area contributed by atoms with Crippen molar-refractivity contribution in [2.45, 2.75) is 37.6 Å². The second kappa shape index (κ2) is 9.52. The largest absolute Gasteiger partial charge is 0.352 e. The van der Waals surface area contributed by atoms with Gasteiger partial charge in [0.25, 0.3) is 15.9 Å². The number of piperazine rings is 1. The van der Waals surface area contributed by atoms with E-state index in [1.165, 1.54) is 0 Å². The molecule has 1 saturated heterocycles. The van der Waals surface area contributed by atoms with E-state index >= 15 is 0 Å². The van der Waals surface area contributed by atoms with Crippen molar-refractivity contribution in [3.05, 3.63) is 59.2 Å². The monoisotopic (exact) mass is 470 g/mol. The maximum absolute atomic E-state index is 12.9. The van der Waals surface area contributed by atoms with E-state index in [0.717, 1.165) is 24.0 Å². The van der Waals surface area contributed by atoms with E-state index in [1.807, 2.05) is 13.8 Å². The van der Waals surface area contributed by atoms with Crippen LogP contribution in [0.25, 0.3) is 0 Å². The van der Waals surface area contributed by atoms with Crippen molar-refractivity contribution in [2.75, 3.05) is 37.4 Å². The maximum Gasteiger partial charge on any atom is 0.261 e. The lowest BCUT2D eigenvalue weighted by molar-refractivity contribution is -0.122. The number of carbonyl (C=O) groups is 2. The highest BCUT2D eigenvalue weighted by Crippen LogP contribution is 2.20. The summed E-state index contributed by atoms with van der Waals surface area (Å²) in [6, 6.07) is 11.8. The average molecular weight is 471 g/mol. The van der Waals surface area contributed by atoms with E-state index in [-0.39, 0.29) is 16.7 Å². The molecule has 2 aliphatic rings.